The second kappa shape index (κ2) is 8.79. The molecule has 1 amide bonds. The van der Waals surface area contributed by atoms with Gasteiger partial charge in [-0.2, -0.15) is 5.10 Å². The molecule has 0 fully saturated rings. The predicted molar refractivity (Wildman–Crippen MR) is 117 cm³/mol. The number of thioether (sulfide) groups is 1. The lowest BCUT2D eigenvalue weighted by molar-refractivity contribution is -0.118. The summed E-state index contributed by atoms with van der Waals surface area (Å²) in [5.74, 6) is 0.264. The largest absolute Gasteiger partial charge is 0.463 e. The molecule has 150 valence electrons. The van der Waals surface area contributed by atoms with Crippen LogP contribution in [-0.2, 0) is 4.79 Å². The lowest BCUT2D eigenvalue weighted by Gasteiger charge is -2.13. The highest BCUT2D eigenvalue weighted by molar-refractivity contribution is 7.99. The lowest BCUT2D eigenvalue weighted by atomic mass is 10.2. The number of hydrogen-bond donors (Lipinski definition) is 1. The summed E-state index contributed by atoms with van der Waals surface area (Å²) in [5.41, 5.74) is 4.64. The smallest absolute Gasteiger partial charge is 0.266 e. The first-order chi connectivity index (χ1) is 14.6. The van der Waals surface area contributed by atoms with Gasteiger partial charge in [0, 0.05) is 0 Å². The first-order valence-electron chi connectivity index (χ1n) is 9.19. The van der Waals surface area contributed by atoms with Gasteiger partial charge in [0.1, 0.15) is 5.76 Å². The number of benzene rings is 2. The van der Waals surface area contributed by atoms with Crippen LogP contribution in [0.3, 0.4) is 0 Å². The van der Waals surface area contributed by atoms with E-state index in [9.17, 15) is 9.59 Å². The molecule has 0 saturated carbocycles. The third-order valence-corrected chi connectivity index (χ3v) is 5.23. The number of aromatic nitrogens is 2. The summed E-state index contributed by atoms with van der Waals surface area (Å²) < 4.78 is 6.65. The van der Waals surface area contributed by atoms with Crippen LogP contribution in [0.25, 0.3) is 16.6 Å². The van der Waals surface area contributed by atoms with Crippen LogP contribution in [0.15, 0.2) is 86.4 Å². The lowest BCUT2D eigenvalue weighted by Crippen LogP contribution is -2.24. The molecule has 2 heterocycles. The summed E-state index contributed by atoms with van der Waals surface area (Å²) in [6.07, 6.45) is 2.94. The number of carbonyl (C=O) groups is 1. The van der Waals surface area contributed by atoms with Crippen molar-refractivity contribution in [3.63, 3.8) is 0 Å². The highest BCUT2D eigenvalue weighted by atomic mass is 32.2. The van der Waals surface area contributed by atoms with Crippen LogP contribution < -0.4 is 11.0 Å². The van der Waals surface area contributed by atoms with Crippen LogP contribution in [0.5, 0.6) is 0 Å². The van der Waals surface area contributed by atoms with Gasteiger partial charge in [-0.1, -0.05) is 41.6 Å². The molecule has 0 aliphatic heterocycles. The second-order valence-corrected chi connectivity index (χ2v) is 7.43. The Morgan fingerprint density at radius 3 is 2.73 bits per heavy atom. The van der Waals surface area contributed by atoms with Crippen molar-refractivity contribution in [2.75, 3.05) is 5.75 Å². The fourth-order valence-electron chi connectivity index (χ4n) is 2.83. The van der Waals surface area contributed by atoms with Crippen molar-refractivity contribution in [3.8, 4) is 5.69 Å². The van der Waals surface area contributed by atoms with Gasteiger partial charge in [0.15, 0.2) is 5.16 Å². The zero-order valence-corrected chi connectivity index (χ0v) is 16.9. The summed E-state index contributed by atoms with van der Waals surface area (Å²) in [5, 5.41) is 4.82. The topological polar surface area (TPSA) is 89.5 Å². The molecule has 0 spiro atoms. The molecule has 0 bridgehead atoms. The van der Waals surface area contributed by atoms with Crippen molar-refractivity contribution in [2.24, 2.45) is 5.10 Å². The fourth-order valence-corrected chi connectivity index (χ4v) is 3.63. The van der Waals surface area contributed by atoms with Gasteiger partial charge in [0.05, 0.1) is 34.8 Å². The third-order valence-electron chi connectivity index (χ3n) is 4.29. The summed E-state index contributed by atoms with van der Waals surface area (Å²) in [6, 6.07) is 18.2. The molecule has 0 saturated heterocycles. The number of furan rings is 1. The van der Waals surface area contributed by atoms with Crippen molar-refractivity contribution in [1.29, 1.82) is 0 Å². The van der Waals surface area contributed by atoms with Gasteiger partial charge in [0.25, 0.3) is 11.5 Å². The van der Waals surface area contributed by atoms with E-state index in [1.807, 2.05) is 43.3 Å². The predicted octanol–water partition coefficient (Wildman–Crippen LogP) is 3.53. The maximum absolute atomic E-state index is 13.2. The summed E-state index contributed by atoms with van der Waals surface area (Å²) in [6.45, 7) is 1.98. The Morgan fingerprint density at radius 2 is 1.97 bits per heavy atom. The molecule has 2 aromatic heterocycles. The van der Waals surface area contributed by atoms with Gasteiger partial charge >= 0.3 is 0 Å². The maximum atomic E-state index is 13.2. The van der Waals surface area contributed by atoms with Crippen molar-refractivity contribution >= 4 is 34.8 Å². The van der Waals surface area contributed by atoms with Crippen LogP contribution in [0, 0.1) is 6.92 Å². The molecule has 1 N–H and O–H groups in total. The molecule has 7 nitrogen and oxygen atoms in total. The van der Waals surface area contributed by atoms with Gasteiger partial charge in [0.2, 0.25) is 0 Å². The number of hydrazone groups is 1. The SMILES string of the molecule is Cc1ccc(-n2c(SCC(=O)NN=Cc3ccco3)nc3ccccc3c2=O)cc1. The molecule has 0 radical (unpaired) electrons. The average Bonchev–Trinajstić information content (AvgIpc) is 3.27. The number of aryl methyl sites for hydroxylation is 1. The van der Waals surface area contributed by atoms with Crippen LogP contribution in [0.1, 0.15) is 11.3 Å². The first kappa shape index (κ1) is 19.7. The van der Waals surface area contributed by atoms with E-state index >= 15 is 0 Å². The highest BCUT2D eigenvalue weighted by Crippen LogP contribution is 2.21. The van der Waals surface area contributed by atoms with E-state index in [2.05, 4.69) is 15.5 Å². The molecule has 4 rings (SSSR count). The molecule has 0 atom stereocenters. The minimum atomic E-state index is -0.319. The Bertz CT molecular complexity index is 1260. The van der Waals surface area contributed by atoms with Crippen molar-refractivity contribution < 1.29 is 9.21 Å². The maximum Gasteiger partial charge on any atom is 0.266 e. The van der Waals surface area contributed by atoms with Crippen LogP contribution >= 0.6 is 11.8 Å². The van der Waals surface area contributed by atoms with Gasteiger partial charge in [-0.3, -0.25) is 14.2 Å². The van der Waals surface area contributed by atoms with Crippen LogP contribution in [-0.4, -0.2) is 27.4 Å². The number of rotatable bonds is 6. The summed E-state index contributed by atoms with van der Waals surface area (Å²) >= 11 is 1.17. The number of hydrogen-bond acceptors (Lipinski definition) is 6. The zero-order valence-electron chi connectivity index (χ0n) is 16.1. The van der Waals surface area contributed by atoms with E-state index < -0.39 is 0 Å². The standard InChI is InChI=1S/C22H18N4O3S/c1-15-8-10-16(11-9-15)26-21(28)18-6-2-3-7-19(18)24-22(26)30-14-20(27)25-23-13-17-5-4-12-29-17/h2-13H,14H2,1H3,(H,25,27). The Balaban J connectivity index is 1.60. The first-order valence-corrected chi connectivity index (χ1v) is 10.2. The molecule has 0 unspecified atom stereocenters. The third kappa shape index (κ3) is 4.33. The number of fused-ring (bicyclic) bond motifs is 1. The quantitative estimate of drug-likeness (QED) is 0.224. The number of nitrogens with zero attached hydrogens (tertiary/aromatic N) is 3. The Hall–Kier alpha value is -3.65. The number of nitrogens with one attached hydrogen (secondary N) is 1. The van der Waals surface area contributed by atoms with Gasteiger partial charge in [-0.05, 0) is 43.3 Å². The average molecular weight is 418 g/mol. The number of carbonyl (C=O) groups excluding carboxylic acids is 1. The Labute approximate surface area is 176 Å². The van der Waals surface area contributed by atoms with Gasteiger partial charge < -0.3 is 4.42 Å². The van der Waals surface area contributed by atoms with E-state index in [1.165, 1.54) is 28.8 Å². The van der Waals surface area contributed by atoms with Gasteiger partial charge in [-0.25, -0.2) is 10.4 Å². The molecule has 0 aliphatic carbocycles. The van der Waals surface area contributed by atoms with Crippen molar-refractivity contribution in [2.45, 2.75) is 12.1 Å². The van der Waals surface area contributed by atoms with E-state index in [4.69, 9.17) is 4.42 Å². The second-order valence-electron chi connectivity index (χ2n) is 6.48. The van der Waals surface area contributed by atoms with E-state index in [0.717, 1.165) is 5.56 Å². The molecule has 30 heavy (non-hydrogen) atoms. The molecule has 2 aromatic carbocycles. The normalized spacial score (nSPS) is 11.2. The zero-order chi connectivity index (χ0) is 20.9. The number of para-hydroxylation sites is 1. The molecular formula is C22H18N4O3S. The van der Waals surface area contributed by atoms with Crippen molar-refractivity contribution in [1.82, 2.24) is 15.0 Å². The van der Waals surface area contributed by atoms with E-state index in [-0.39, 0.29) is 17.2 Å². The Kier molecular flexibility index (Phi) is 5.76. The highest BCUT2D eigenvalue weighted by Gasteiger charge is 2.14. The van der Waals surface area contributed by atoms with Gasteiger partial charge in [-0.15, -0.1) is 0 Å². The van der Waals surface area contributed by atoms with Crippen LogP contribution in [0.2, 0.25) is 0 Å². The molecule has 8 heteroatoms. The minimum Gasteiger partial charge on any atom is -0.463 e. The van der Waals surface area contributed by atoms with Crippen molar-refractivity contribution in [3.05, 3.63) is 88.6 Å². The molecule has 0 aliphatic rings. The Morgan fingerprint density at radius 1 is 1.17 bits per heavy atom. The summed E-state index contributed by atoms with van der Waals surface area (Å²) in [4.78, 5) is 30.0. The van der Waals surface area contributed by atoms with E-state index in [0.29, 0.717) is 27.5 Å². The minimum absolute atomic E-state index is 0.0478. The number of amides is 1. The molecule has 4 aromatic rings. The molecular weight excluding hydrogens is 400 g/mol. The van der Waals surface area contributed by atoms with E-state index in [1.54, 1.807) is 24.3 Å². The summed E-state index contributed by atoms with van der Waals surface area (Å²) in [7, 11) is 0. The fraction of sp³-hybridized carbons (Fsp3) is 0.0909. The van der Waals surface area contributed by atoms with Crippen LogP contribution in [0.4, 0.5) is 0 Å². The monoisotopic (exact) mass is 418 g/mol.